The van der Waals surface area contributed by atoms with Crippen molar-refractivity contribution in [2.45, 2.75) is 0 Å². The lowest BCUT2D eigenvalue weighted by Crippen LogP contribution is -2.50. The second-order valence-electron chi connectivity index (χ2n) is 2.24. The molecule has 0 bridgehead atoms. The van der Waals surface area contributed by atoms with Gasteiger partial charge in [0.05, 0.1) is 13.2 Å². The van der Waals surface area contributed by atoms with Crippen molar-refractivity contribution in [2.24, 2.45) is 5.14 Å². The summed E-state index contributed by atoms with van der Waals surface area (Å²) in [6.07, 6.45) is 0. The average Bonchev–Trinajstić information content (AvgIpc) is 1.85. The predicted octanol–water partition coefficient (Wildman–Crippen LogP) is -1.97. The Balaban J connectivity index is 2.36. The molecule has 1 heterocycles. The lowest BCUT2D eigenvalue weighted by molar-refractivity contribution is 0.0272. The Labute approximate surface area is 65.5 Å². The fourth-order valence-electron chi connectivity index (χ4n) is 0.835. The summed E-state index contributed by atoms with van der Waals surface area (Å²) in [5.41, 5.74) is 0. The maximum absolute atomic E-state index is 10.5. The molecule has 0 aromatic carbocycles. The third kappa shape index (κ3) is 3.63. The van der Waals surface area contributed by atoms with Crippen LogP contribution < -0.4 is 9.97 Å². The number of hydrazine groups is 1. The maximum atomic E-state index is 10.5. The fourth-order valence-corrected chi connectivity index (χ4v) is 1.38. The number of ether oxygens (including phenoxy) is 1. The topological polar surface area (TPSA) is 84.7 Å². The lowest BCUT2D eigenvalue weighted by atomic mass is 10.5. The number of hydrogen-bond donors (Lipinski definition) is 2. The second-order valence-corrected chi connectivity index (χ2v) is 3.51. The van der Waals surface area contributed by atoms with Gasteiger partial charge in [-0.3, -0.25) is 0 Å². The van der Waals surface area contributed by atoms with Crippen LogP contribution in [0.1, 0.15) is 0 Å². The molecule has 0 saturated carbocycles. The second kappa shape index (κ2) is 3.46. The lowest BCUT2D eigenvalue weighted by Gasteiger charge is -2.25. The van der Waals surface area contributed by atoms with Gasteiger partial charge in [-0.25, -0.2) is 10.1 Å². The van der Waals surface area contributed by atoms with Crippen molar-refractivity contribution in [3.8, 4) is 0 Å². The highest BCUT2D eigenvalue weighted by molar-refractivity contribution is 7.87. The Bertz CT molecular complexity index is 209. The number of nitrogens with two attached hydrogens (primary N) is 1. The molecular weight excluding hydrogens is 170 g/mol. The van der Waals surface area contributed by atoms with E-state index in [9.17, 15) is 8.42 Å². The fraction of sp³-hybridized carbons (Fsp3) is 1.00. The molecule has 0 atom stereocenters. The number of rotatable bonds is 2. The molecule has 11 heavy (non-hydrogen) atoms. The van der Waals surface area contributed by atoms with Crippen molar-refractivity contribution in [3.63, 3.8) is 0 Å². The molecule has 0 aromatic heterocycles. The van der Waals surface area contributed by atoms with Crippen molar-refractivity contribution in [3.05, 3.63) is 0 Å². The first kappa shape index (κ1) is 8.88. The smallest absolute Gasteiger partial charge is 0.287 e. The molecule has 66 valence electrons. The highest BCUT2D eigenvalue weighted by Gasteiger charge is 2.13. The van der Waals surface area contributed by atoms with E-state index in [1.54, 1.807) is 0 Å². The standard InChI is InChI=1S/C4H11N3O3S/c5-11(8,9)6-7-1-3-10-4-2-7/h6H,1-4H2,(H2,5,8,9). The van der Waals surface area contributed by atoms with Gasteiger partial charge in [0.25, 0.3) is 10.2 Å². The molecular formula is C4H11N3O3S. The molecule has 3 N–H and O–H groups in total. The highest BCUT2D eigenvalue weighted by Crippen LogP contribution is 1.92. The van der Waals surface area contributed by atoms with Crippen LogP contribution >= 0.6 is 0 Å². The van der Waals surface area contributed by atoms with E-state index in [4.69, 9.17) is 9.88 Å². The molecule has 1 rings (SSSR count). The van der Waals surface area contributed by atoms with Crippen LogP contribution in [0.15, 0.2) is 0 Å². The predicted molar refractivity (Wildman–Crippen MR) is 38.6 cm³/mol. The van der Waals surface area contributed by atoms with E-state index in [1.165, 1.54) is 5.01 Å². The monoisotopic (exact) mass is 181 g/mol. The average molecular weight is 181 g/mol. The summed E-state index contributed by atoms with van der Waals surface area (Å²) in [5, 5.41) is 6.26. The number of morpholine rings is 1. The van der Waals surface area contributed by atoms with Crippen LogP contribution in [-0.2, 0) is 14.9 Å². The summed E-state index contributed by atoms with van der Waals surface area (Å²) >= 11 is 0. The van der Waals surface area contributed by atoms with E-state index < -0.39 is 10.2 Å². The Morgan fingerprint density at radius 2 is 1.91 bits per heavy atom. The molecule has 0 spiro atoms. The van der Waals surface area contributed by atoms with Gasteiger partial charge in [0.15, 0.2) is 0 Å². The maximum Gasteiger partial charge on any atom is 0.287 e. The molecule has 0 radical (unpaired) electrons. The van der Waals surface area contributed by atoms with Gasteiger partial charge in [0.1, 0.15) is 0 Å². The molecule has 0 aromatic rings. The zero-order chi connectivity index (χ0) is 8.32. The van der Waals surface area contributed by atoms with Gasteiger partial charge in [-0.2, -0.15) is 8.42 Å². The van der Waals surface area contributed by atoms with Crippen LogP contribution in [0.3, 0.4) is 0 Å². The Morgan fingerprint density at radius 3 is 2.36 bits per heavy atom. The summed E-state index contributed by atoms with van der Waals surface area (Å²) in [6.45, 7) is 2.14. The van der Waals surface area contributed by atoms with Crippen LogP contribution in [0.25, 0.3) is 0 Å². The minimum Gasteiger partial charge on any atom is -0.379 e. The van der Waals surface area contributed by atoms with Crippen molar-refractivity contribution >= 4 is 10.2 Å². The van der Waals surface area contributed by atoms with E-state index in [2.05, 4.69) is 4.83 Å². The molecule has 1 fully saturated rings. The first-order valence-corrected chi connectivity index (χ1v) is 4.75. The number of nitrogens with zero attached hydrogens (tertiary/aromatic N) is 1. The van der Waals surface area contributed by atoms with Gasteiger partial charge >= 0.3 is 0 Å². The molecule has 0 unspecified atom stereocenters. The third-order valence-electron chi connectivity index (χ3n) is 1.27. The zero-order valence-corrected chi connectivity index (χ0v) is 6.80. The first-order chi connectivity index (χ1) is 5.08. The Hall–Kier alpha value is -0.210. The van der Waals surface area contributed by atoms with Gasteiger partial charge in [-0.15, -0.1) is 4.83 Å². The van der Waals surface area contributed by atoms with Crippen molar-refractivity contribution < 1.29 is 13.2 Å². The van der Waals surface area contributed by atoms with E-state index in [0.717, 1.165) is 0 Å². The molecule has 1 aliphatic heterocycles. The van der Waals surface area contributed by atoms with Crippen LogP contribution in [0.2, 0.25) is 0 Å². The van der Waals surface area contributed by atoms with Crippen molar-refractivity contribution in [1.29, 1.82) is 0 Å². The molecule has 6 nitrogen and oxygen atoms in total. The summed E-state index contributed by atoms with van der Waals surface area (Å²) in [7, 11) is -3.60. The SMILES string of the molecule is NS(=O)(=O)NN1CCOCC1. The molecule has 0 amide bonds. The highest BCUT2D eigenvalue weighted by atomic mass is 32.2. The van der Waals surface area contributed by atoms with E-state index in [0.29, 0.717) is 26.3 Å². The molecule has 1 aliphatic rings. The van der Waals surface area contributed by atoms with Gasteiger partial charge in [0, 0.05) is 13.1 Å². The van der Waals surface area contributed by atoms with E-state index >= 15 is 0 Å². The van der Waals surface area contributed by atoms with Gasteiger partial charge in [0.2, 0.25) is 0 Å². The quantitative estimate of drug-likeness (QED) is 0.517. The summed E-state index contributed by atoms with van der Waals surface area (Å²) in [4.78, 5) is 2.16. The van der Waals surface area contributed by atoms with Crippen LogP contribution in [0.5, 0.6) is 0 Å². The number of hydrogen-bond acceptors (Lipinski definition) is 4. The third-order valence-corrected chi connectivity index (χ3v) is 1.78. The van der Waals surface area contributed by atoms with Gasteiger partial charge in [-0.05, 0) is 0 Å². The largest absolute Gasteiger partial charge is 0.379 e. The van der Waals surface area contributed by atoms with E-state index in [1.807, 2.05) is 0 Å². The van der Waals surface area contributed by atoms with Crippen LogP contribution in [0, 0.1) is 0 Å². The Morgan fingerprint density at radius 1 is 1.36 bits per heavy atom. The van der Waals surface area contributed by atoms with Gasteiger partial charge < -0.3 is 4.74 Å². The number of nitrogens with one attached hydrogen (secondary N) is 1. The van der Waals surface area contributed by atoms with Crippen molar-refractivity contribution in [2.75, 3.05) is 26.3 Å². The van der Waals surface area contributed by atoms with E-state index in [-0.39, 0.29) is 0 Å². The minimum absolute atomic E-state index is 0.530. The van der Waals surface area contributed by atoms with Gasteiger partial charge in [-0.1, -0.05) is 0 Å². The zero-order valence-electron chi connectivity index (χ0n) is 5.99. The summed E-state index contributed by atoms with van der Waals surface area (Å²) < 4.78 is 26.0. The van der Waals surface area contributed by atoms with Crippen LogP contribution in [-0.4, -0.2) is 39.7 Å². The summed E-state index contributed by atoms with van der Waals surface area (Å²) in [5.74, 6) is 0. The first-order valence-electron chi connectivity index (χ1n) is 3.21. The molecule has 0 aliphatic carbocycles. The molecule has 7 heteroatoms. The Kier molecular flexibility index (Phi) is 2.79. The normalized spacial score (nSPS) is 21.9. The molecule has 1 saturated heterocycles. The van der Waals surface area contributed by atoms with Crippen molar-refractivity contribution in [1.82, 2.24) is 9.84 Å². The summed E-state index contributed by atoms with van der Waals surface area (Å²) in [6, 6.07) is 0. The minimum atomic E-state index is -3.60. The van der Waals surface area contributed by atoms with Crippen LogP contribution in [0.4, 0.5) is 0 Å².